The Labute approximate surface area is 151 Å². The summed E-state index contributed by atoms with van der Waals surface area (Å²) < 4.78 is 2.74. The molecule has 0 fully saturated rings. The molecule has 0 aliphatic heterocycles. The largest absolute Gasteiger partial charge is 0.358 e. The van der Waals surface area contributed by atoms with Crippen LogP contribution in [0.25, 0.3) is 22.3 Å². The van der Waals surface area contributed by atoms with Crippen LogP contribution >= 0.6 is 12.2 Å². The second kappa shape index (κ2) is 6.33. The molecule has 126 valence electrons. The maximum Gasteiger partial charge on any atom is 0.195 e. The number of nitrogens with zero attached hydrogens (tertiary/aromatic N) is 2. The fourth-order valence-electron chi connectivity index (χ4n) is 3.23. The first-order valence-electron chi connectivity index (χ1n) is 8.42. The molecule has 4 rings (SSSR count). The minimum absolute atomic E-state index is 0.660. The predicted molar refractivity (Wildman–Crippen MR) is 104 cm³/mol. The average molecular weight is 348 g/mol. The van der Waals surface area contributed by atoms with Crippen LogP contribution in [0, 0.1) is 18.6 Å². The van der Waals surface area contributed by atoms with Gasteiger partial charge in [0.2, 0.25) is 0 Å². The Bertz CT molecular complexity index is 1090. The van der Waals surface area contributed by atoms with E-state index in [0.717, 1.165) is 29.9 Å². The number of nitrogens with one attached hydrogen (secondary N) is 2. The summed E-state index contributed by atoms with van der Waals surface area (Å²) in [6.07, 6.45) is 0.923. The monoisotopic (exact) mass is 348 g/mol. The number of aromatic nitrogens is 4. The van der Waals surface area contributed by atoms with Crippen LogP contribution < -0.4 is 0 Å². The van der Waals surface area contributed by atoms with Crippen molar-refractivity contribution >= 4 is 23.1 Å². The lowest BCUT2D eigenvalue weighted by Gasteiger charge is -2.07. The van der Waals surface area contributed by atoms with E-state index < -0.39 is 0 Å². The number of H-pyrrole nitrogens is 2. The molecule has 0 aliphatic rings. The van der Waals surface area contributed by atoms with Crippen molar-refractivity contribution in [3.63, 3.8) is 0 Å². The molecule has 4 aromatic rings. The van der Waals surface area contributed by atoms with Gasteiger partial charge in [-0.2, -0.15) is 5.10 Å². The number of hydrogen-bond donors (Lipinski definition) is 2. The van der Waals surface area contributed by atoms with Crippen molar-refractivity contribution in [3.05, 3.63) is 70.1 Å². The Morgan fingerprint density at radius 2 is 1.88 bits per heavy atom. The van der Waals surface area contributed by atoms with Crippen LogP contribution in [-0.4, -0.2) is 19.7 Å². The van der Waals surface area contributed by atoms with Gasteiger partial charge in [-0.25, -0.2) is 0 Å². The first-order chi connectivity index (χ1) is 12.1. The number of aryl methyl sites for hydroxylation is 3. The third-order valence-electron chi connectivity index (χ3n) is 4.79. The summed E-state index contributed by atoms with van der Waals surface area (Å²) in [4.78, 5) is 3.42. The van der Waals surface area contributed by atoms with Gasteiger partial charge in [0.15, 0.2) is 10.6 Å². The fourth-order valence-corrected chi connectivity index (χ4v) is 3.45. The Balaban J connectivity index is 1.71. The van der Waals surface area contributed by atoms with Gasteiger partial charge in [-0.3, -0.25) is 9.67 Å². The molecule has 0 bridgehead atoms. The van der Waals surface area contributed by atoms with Crippen molar-refractivity contribution in [3.8, 4) is 11.4 Å². The standard InChI is InChI=1S/C20H20N4S/c1-13-14(2)21-18-9-8-16(12-17(13)18)19-22-23-20(25)24(19)11-10-15-6-4-3-5-7-15/h3-9,12,21H,10-11H2,1-2H3,(H,23,25). The first-order valence-corrected chi connectivity index (χ1v) is 8.83. The maximum absolute atomic E-state index is 5.45. The van der Waals surface area contributed by atoms with E-state index in [4.69, 9.17) is 12.2 Å². The highest BCUT2D eigenvalue weighted by molar-refractivity contribution is 7.71. The number of hydrogen-bond acceptors (Lipinski definition) is 2. The van der Waals surface area contributed by atoms with E-state index in [1.54, 1.807) is 0 Å². The van der Waals surface area contributed by atoms with Gasteiger partial charge in [-0.1, -0.05) is 30.3 Å². The van der Waals surface area contributed by atoms with Crippen LogP contribution in [-0.2, 0) is 13.0 Å². The lowest BCUT2D eigenvalue weighted by atomic mass is 10.1. The van der Waals surface area contributed by atoms with Gasteiger partial charge in [-0.05, 0) is 61.8 Å². The molecule has 0 amide bonds. The normalized spacial score (nSPS) is 11.3. The highest BCUT2D eigenvalue weighted by Gasteiger charge is 2.12. The molecule has 0 atom stereocenters. The Morgan fingerprint density at radius 1 is 1.08 bits per heavy atom. The highest BCUT2D eigenvalue weighted by Crippen LogP contribution is 2.27. The molecule has 0 spiro atoms. The summed E-state index contributed by atoms with van der Waals surface area (Å²) >= 11 is 5.45. The zero-order valence-corrected chi connectivity index (χ0v) is 15.2. The van der Waals surface area contributed by atoms with Gasteiger partial charge < -0.3 is 4.98 Å². The van der Waals surface area contributed by atoms with Gasteiger partial charge in [0.1, 0.15) is 0 Å². The topological polar surface area (TPSA) is 49.4 Å². The zero-order chi connectivity index (χ0) is 17.4. The molecule has 0 saturated heterocycles. The number of benzene rings is 2. The van der Waals surface area contributed by atoms with E-state index in [9.17, 15) is 0 Å². The average Bonchev–Trinajstić information content (AvgIpc) is 3.14. The van der Waals surface area contributed by atoms with Gasteiger partial charge >= 0.3 is 0 Å². The minimum atomic E-state index is 0.660. The molecule has 0 saturated carbocycles. The smallest absolute Gasteiger partial charge is 0.195 e. The van der Waals surface area contributed by atoms with Crippen LogP contribution in [0.4, 0.5) is 0 Å². The van der Waals surface area contributed by atoms with E-state index in [0.29, 0.717) is 4.77 Å². The third kappa shape index (κ3) is 2.91. The van der Waals surface area contributed by atoms with Crippen LogP contribution in [0.15, 0.2) is 48.5 Å². The van der Waals surface area contributed by atoms with Crippen molar-refractivity contribution < 1.29 is 0 Å². The van der Waals surface area contributed by atoms with E-state index in [1.807, 2.05) is 6.07 Å². The molecule has 5 heteroatoms. The van der Waals surface area contributed by atoms with Crippen molar-refractivity contribution in [2.75, 3.05) is 0 Å². The van der Waals surface area contributed by atoms with E-state index >= 15 is 0 Å². The van der Waals surface area contributed by atoms with Gasteiger partial charge in [0.05, 0.1) is 0 Å². The maximum atomic E-state index is 5.45. The molecule has 0 aliphatic carbocycles. The molecule has 2 heterocycles. The highest BCUT2D eigenvalue weighted by atomic mass is 32.1. The third-order valence-corrected chi connectivity index (χ3v) is 5.10. The molecule has 2 N–H and O–H groups in total. The summed E-state index contributed by atoms with van der Waals surface area (Å²) in [5.74, 6) is 0.890. The molecule has 2 aromatic carbocycles. The predicted octanol–water partition coefficient (Wildman–Crippen LogP) is 4.95. The second-order valence-corrected chi connectivity index (χ2v) is 6.76. The first kappa shape index (κ1) is 15.8. The zero-order valence-electron chi connectivity index (χ0n) is 14.3. The summed E-state index contributed by atoms with van der Waals surface area (Å²) in [6.45, 7) is 5.05. The Hall–Kier alpha value is -2.66. The molecule has 4 nitrogen and oxygen atoms in total. The molecule has 0 radical (unpaired) electrons. The van der Waals surface area contributed by atoms with Crippen molar-refractivity contribution in [1.29, 1.82) is 0 Å². The number of rotatable bonds is 4. The van der Waals surface area contributed by atoms with Crippen LogP contribution in [0.5, 0.6) is 0 Å². The molecule has 0 unspecified atom stereocenters. The second-order valence-electron chi connectivity index (χ2n) is 6.37. The van der Waals surface area contributed by atoms with Crippen molar-refractivity contribution in [1.82, 2.24) is 19.7 Å². The minimum Gasteiger partial charge on any atom is -0.358 e. The van der Waals surface area contributed by atoms with Crippen molar-refractivity contribution in [2.45, 2.75) is 26.8 Å². The van der Waals surface area contributed by atoms with E-state index in [2.05, 4.69) is 76.1 Å². The summed E-state index contributed by atoms with van der Waals surface area (Å²) in [5, 5.41) is 8.66. The fraction of sp³-hybridized carbons (Fsp3) is 0.200. The van der Waals surface area contributed by atoms with E-state index in [-0.39, 0.29) is 0 Å². The SMILES string of the molecule is Cc1[nH]c2ccc(-c3n[nH]c(=S)n3CCc3ccccc3)cc2c1C. The van der Waals surface area contributed by atoms with E-state index in [1.165, 1.54) is 22.2 Å². The van der Waals surface area contributed by atoms with Gasteiger partial charge in [0.25, 0.3) is 0 Å². The Morgan fingerprint density at radius 3 is 2.68 bits per heavy atom. The number of aromatic amines is 2. The molecular weight excluding hydrogens is 328 g/mol. The molecule has 2 aromatic heterocycles. The molecule has 25 heavy (non-hydrogen) atoms. The molecular formula is C20H20N4S. The lowest BCUT2D eigenvalue weighted by molar-refractivity contribution is 0.692. The number of fused-ring (bicyclic) bond motifs is 1. The van der Waals surface area contributed by atoms with Gasteiger partial charge in [0, 0.05) is 28.7 Å². The van der Waals surface area contributed by atoms with Gasteiger partial charge in [-0.15, -0.1) is 0 Å². The van der Waals surface area contributed by atoms with Crippen molar-refractivity contribution in [2.24, 2.45) is 0 Å². The van der Waals surface area contributed by atoms with Crippen LogP contribution in [0.2, 0.25) is 0 Å². The lowest BCUT2D eigenvalue weighted by Crippen LogP contribution is -2.04. The summed E-state index contributed by atoms with van der Waals surface area (Å²) in [6, 6.07) is 16.9. The Kier molecular flexibility index (Phi) is 4.01. The van der Waals surface area contributed by atoms with Crippen LogP contribution in [0.1, 0.15) is 16.8 Å². The summed E-state index contributed by atoms with van der Waals surface area (Å²) in [5.41, 5.74) is 6.01. The summed E-state index contributed by atoms with van der Waals surface area (Å²) in [7, 11) is 0. The quantitative estimate of drug-likeness (QED) is 0.513. The van der Waals surface area contributed by atoms with Crippen LogP contribution in [0.3, 0.4) is 0 Å².